The highest BCUT2D eigenvalue weighted by atomic mass is 16.5. The van der Waals surface area contributed by atoms with Gasteiger partial charge < -0.3 is 14.8 Å². The number of esters is 1. The average molecular weight is 390 g/mol. The van der Waals surface area contributed by atoms with Crippen molar-refractivity contribution in [1.82, 2.24) is 14.8 Å². The van der Waals surface area contributed by atoms with Crippen molar-refractivity contribution in [2.24, 2.45) is 5.92 Å². The lowest BCUT2D eigenvalue weighted by Crippen LogP contribution is -2.37. The van der Waals surface area contributed by atoms with Gasteiger partial charge in [-0.25, -0.2) is 4.68 Å². The van der Waals surface area contributed by atoms with Crippen molar-refractivity contribution in [1.29, 1.82) is 0 Å². The van der Waals surface area contributed by atoms with E-state index >= 15 is 0 Å². The predicted molar refractivity (Wildman–Crippen MR) is 109 cm³/mol. The van der Waals surface area contributed by atoms with Crippen LogP contribution in [0.1, 0.15) is 18.5 Å². The van der Waals surface area contributed by atoms with Crippen LogP contribution in [0.15, 0.2) is 66.9 Å². The Hall–Kier alpha value is -3.61. The molecule has 0 spiro atoms. The molecule has 7 heteroatoms. The van der Waals surface area contributed by atoms with Crippen LogP contribution in [0.4, 0.5) is 5.95 Å². The Morgan fingerprint density at radius 1 is 1.17 bits per heavy atom. The summed E-state index contributed by atoms with van der Waals surface area (Å²) in [5.74, 6) is 0.683. The zero-order valence-corrected chi connectivity index (χ0v) is 16.3. The van der Waals surface area contributed by atoms with Gasteiger partial charge in [-0.15, -0.1) is 5.10 Å². The van der Waals surface area contributed by atoms with Gasteiger partial charge in [-0.2, -0.15) is 4.98 Å². The van der Waals surface area contributed by atoms with Crippen molar-refractivity contribution in [2.45, 2.75) is 13.0 Å². The summed E-state index contributed by atoms with van der Waals surface area (Å²) < 4.78 is 12.6. The first-order valence-corrected chi connectivity index (χ1v) is 9.41. The van der Waals surface area contributed by atoms with E-state index in [1.54, 1.807) is 4.68 Å². The molecule has 3 aromatic rings. The van der Waals surface area contributed by atoms with E-state index < -0.39 is 17.9 Å². The molecule has 2 aromatic carbocycles. The van der Waals surface area contributed by atoms with Crippen LogP contribution in [-0.2, 0) is 9.53 Å². The Bertz CT molecular complexity index is 1050. The molecule has 0 aliphatic carbocycles. The summed E-state index contributed by atoms with van der Waals surface area (Å²) >= 11 is 0. The van der Waals surface area contributed by atoms with Crippen molar-refractivity contribution >= 4 is 11.9 Å². The SMILES string of the molecule is C=C1Nc2nc(-c3ccccc3)nn2C(c2ccccc2OCC)C1C(=O)OC. The van der Waals surface area contributed by atoms with Gasteiger partial charge in [0, 0.05) is 16.8 Å². The zero-order valence-electron chi connectivity index (χ0n) is 16.3. The Labute approximate surface area is 169 Å². The normalized spacial score (nSPS) is 17.9. The fourth-order valence-electron chi connectivity index (χ4n) is 3.59. The van der Waals surface area contributed by atoms with Crippen LogP contribution in [0, 0.1) is 5.92 Å². The van der Waals surface area contributed by atoms with Crippen molar-refractivity contribution < 1.29 is 14.3 Å². The monoisotopic (exact) mass is 390 g/mol. The number of hydrogen-bond acceptors (Lipinski definition) is 6. The van der Waals surface area contributed by atoms with Crippen LogP contribution in [0.5, 0.6) is 5.75 Å². The minimum Gasteiger partial charge on any atom is -0.494 e. The number of carbonyl (C=O) groups excluding carboxylic acids is 1. The quantitative estimate of drug-likeness (QED) is 0.670. The average Bonchev–Trinajstić information content (AvgIpc) is 3.17. The van der Waals surface area contributed by atoms with Gasteiger partial charge in [-0.05, 0) is 13.0 Å². The van der Waals surface area contributed by atoms with E-state index in [1.165, 1.54) is 7.11 Å². The van der Waals surface area contributed by atoms with Gasteiger partial charge in [-0.1, -0.05) is 55.1 Å². The summed E-state index contributed by atoms with van der Waals surface area (Å²) in [4.78, 5) is 17.3. The number of carbonyl (C=O) groups is 1. The van der Waals surface area contributed by atoms with Gasteiger partial charge in [0.05, 0.1) is 13.7 Å². The largest absolute Gasteiger partial charge is 0.494 e. The lowest BCUT2D eigenvalue weighted by atomic mass is 9.88. The second kappa shape index (κ2) is 7.79. The molecule has 1 aliphatic rings. The Morgan fingerprint density at radius 2 is 1.90 bits per heavy atom. The lowest BCUT2D eigenvalue weighted by molar-refractivity contribution is -0.145. The number of para-hydroxylation sites is 1. The standard InChI is InChI=1S/C22H22N4O3/c1-4-29-17-13-9-8-12-16(17)19-18(21(27)28-3)14(2)23-22-24-20(25-26(19)22)15-10-6-5-7-11-15/h5-13,18-19H,2,4H2,1,3H3,(H,23,24,25). The molecule has 2 atom stereocenters. The molecular formula is C22H22N4O3. The number of methoxy groups -OCH3 is 1. The number of hydrogen-bond donors (Lipinski definition) is 1. The predicted octanol–water partition coefficient (Wildman–Crippen LogP) is 3.66. The molecule has 0 bridgehead atoms. The number of nitrogens with zero attached hydrogens (tertiary/aromatic N) is 3. The Balaban J connectivity index is 1.90. The molecule has 0 amide bonds. The molecule has 148 valence electrons. The van der Waals surface area contributed by atoms with E-state index in [-0.39, 0.29) is 0 Å². The number of fused-ring (bicyclic) bond motifs is 1. The maximum absolute atomic E-state index is 12.7. The topological polar surface area (TPSA) is 78.3 Å². The van der Waals surface area contributed by atoms with E-state index in [0.29, 0.717) is 29.8 Å². The molecule has 0 saturated heterocycles. The number of ether oxygens (including phenoxy) is 2. The number of anilines is 1. The van der Waals surface area contributed by atoms with E-state index in [4.69, 9.17) is 14.6 Å². The highest BCUT2D eigenvalue weighted by Gasteiger charge is 2.42. The number of benzene rings is 2. The Kier molecular flexibility index (Phi) is 5.03. The number of nitrogens with one attached hydrogen (secondary N) is 1. The van der Waals surface area contributed by atoms with Crippen LogP contribution in [0.2, 0.25) is 0 Å². The van der Waals surface area contributed by atoms with Crippen LogP contribution in [0.25, 0.3) is 11.4 Å². The summed E-state index contributed by atoms with van der Waals surface area (Å²) in [6.07, 6.45) is 0. The molecule has 0 saturated carbocycles. The van der Waals surface area contributed by atoms with E-state index in [9.17, 15) is 4.79 Å². The summed E-state index contributed by atoms with van der Waals surface area (Å²) in [6, 6.07) is 16.8. The van der Waals surface area contributed by atoms with Gasteiger partial charge in [0.2, 0.25) is 5.95 Å². The molecular weight excluding hydrogens is 368 g/mol. The smallest absolute Gasteiger partial charge is 0.317 e. The molecule has 4 rings (SSSR count). The molecule has 2 heterocycles. The number of aromatic nitrogens is 3. The molecule has 2 unspecified atom stereocenters. The summed E-state index contributed by atoms with van der Waals surface area (Å²) in [7, 11) is 1.37. The highest BCUT2D eigenvalue weighted by Crippen LogP contribution is 2.42. The van der Waals surface area contributed by atoms with Crippen molar-refractivity contribution in [3.8, 4) is 17.1 Å². The third-order valence-corrected chi connectivity index (χ3v) is 4.88. The molecule has 29 heavy (non-hydrogen) atoms. The molecule has 1 aliphatic heterocycles. The van der Waals surface area contributed by atoms with Crippen LogP contribution in [0.3, 0.4) is 0 Å². The lowest BCUT2D eigenvalue weighted by Gasteiger charge is -2.33. The van der Waals surface area contributed by atoms with Crippen molar-refractivity contribution in [3.63, 3.8) is 0 Å². The van der Waals surface area contributed by atoms with Crippen molar-refractivity contribution in [3.05, 3.63) is 72.4 Å². The molecule has 1 N–H and O–H groups in total. The molecule has 0 fully saturated rings. The first-order valence-electron chi connectivity index (χ1n) is 9.41. The Morgan fingerprint density at radius 3 is 2.62 bits per heavy atom. The van der Waals surface area contributed by atoms with E-state index in [1.807, 2.05) is 61.5 Å². The van der Waals surface area contributed by atoms with Gasteiger partial charge in [0.1, 0.15) is 17.7 Å². The molecule has 7 nitrogen and oxygen atoms in total. The van der Waals surface area contributed by atoms with E-state index in [0.717, 1.165) is 11.1 Å². The fourth-order valence-corrected chi connectivity index (χ4v) is 3.59. The fraction of sp³-hybridized carbons (Fsp3) is 0.227. The molecule has 0 radical (unpaired) electrons. The summed E-state index contributed by atoms with van der Waals surface area (Å²) in [5.41, 5.74) is 2.21. The van der Waals surface area contributed by atoms with Crippen LogP contribution in [-0.4, -0.2) is 34.5 Å². The van der Waals surface area contributed by atoms with Crippen LogP contribution >= 0.6 is 0 Å². The minimum absolute atomic E-state index is 0.402. The van der Waals surface area contributed by atoms with Gasteiger partial charge in [-0.3, -0.25) is 4.79 Å². The first-order chi connectivity index (χ1) is 14.1. The van der Waals surface area contributed by atoms with Gasteiger partial charge >= 0.3 is 5.97 Å². The van der Waals surface area contributed by atoms with Crippen LogP contribution < -0.4 is 10.1 Å². The van der Waals surface area contributed by atoms with Gasteiger partial charge in [0.25, 0.3) is 0 Å². The summed E-state index contributed by atoms with van der Waals surface area (Å²) in [6.45, 7) is 6.49. The second-order valence-corrected chi connectivity index (χ2v) is 6.64. The first kappa shape index (κ1) is 18.7. The number of rotatable bonds is 5. The zero-order chi connectivity index (χ0) is 20.4. The second-order valence-electron chi connectivity index (χ2n) is 6.64. The maximum atomic E-state index is 12.7. The third kappa shape index (κ3) is 3.35. The maximum Gasteiger partial charge on any atom is 0.317 e. The van der Waals surface area contributed by atoms with Crippen molar-refractivity contribution in [2.75, 3.05) is 19.0 Å². The molecule has 1 aromatic heterocycles. The van der Waals surface area contributed by atoms with Gasteiger partial charge in [0.15, 0.2) is 5.82 Å². The summed E-state index contributed by atoms with van der Waals surface area (Å²) in [5, 5.41) is 7.84. The third-order valence-electron chi connectivity index (χ3n) is 4.88. The van der Waals surface area contributed by atoms with E-state index in [2.05, 4.69) is 16.9 Å². The highest BCUT2D eigenvalue weighted by molar-refractivity contribution is 5.79. The minimum atomic E-state index is -0.681.